The Balaban J connectivity index is 1.56. The molecule has 1 aromatic heterocycles. The van der Waals surface area contributed by atoms with E-state index in [1.54, 1.807) is 7.11 Å². The number of nitrogens with one attached hydrogen (secondary N) is 1. The van der Waals surface area contributed by atoms with Gasteiger partial charge in [-0.3, -0.25) is 9.89 Å². The third-order valence-electron chi connectivity index (χ3n) is 5.65. The van der Waals surface area contributed by atoms with Gasteiger partial charge in [0.25, 0.3) is 0 Å². The highest BCUT2D eigenvalue weighted by atomic mass is 16.5. The lowest BCUT2D eigenvalue weighted by Crippen LogP contribution is -2.35. The van der Waals surface area contributed by atoms with Crippen LogP contribution in [0.3, 0.4) is 0 Å². The molecule has 1 N–H and O–H groups in total. The van der Waals surface area contributed by atoms with Crippen LogP contribution in [0.4, 0.5) is 5.69 Å². The second-order valence-electron chi connectivity index (χ2n) is 6.91. The second-order valence-corrected chi connectivity index (χ2v) is 6.91. The van der Waals surface area contributed by atoms with Crippen LogP contribution in [0, 0.1) is 0 Å². The number of nitrogens with zero attached hydrogens (tertiary/aromatic N) is 2. The molecule has 126 valence electrons. The average molecular weight is 333 g/mol. The molecule has 2 aliphatic rings. The van der Waals surface area contributed by atoms with Crippen molar-refractivity contribution in [2.75, 3.05) is 25.2 Å². The lowest BCUT2D eigenvalue weighted by Gasteiger charge is -2.17. The first-order valence-electron chi connectivity index (χ1n) is 8.59. The van der Waals surface area contributed by atoms with Crippen LogP contribution in [-0.4, -0.2) is 36.4 Å². The van der Waals surface area contributed by atoms with E-state index >= 15 is 0 Å². The van der Waals surface area contributed by atoms with Crippen LogP contribution in [0.25, 0.3) is 10.9 Å². The van der Waals surface area contributed by atoms with Crippen LogP contribution in [-0.2, 0) is 14.9 Å². The number of H-pyrrole nitrogens is 1. The summed E-state index contributed by atoms with van der Waals surface area (Å²) in [6.45, 7) is 1.14. The van der Waals surface area contributed by atoms with Crippen molar-refractivity contribution < 1.29 is 9.53 Å². The third-order valence-corrected chi connectivity index (χ3v) is 5.65. The van der Waals surface area contributed by atoms with E-state index in [0.717, 1.165) is 28.6 Å². The van der Waals surface area contributed by atoms with E-state index < -0.39 is 5.41 Å². The zero-order valence-corrected chi connectivity index (χ0v) is 14.0. The normalized spacial score (nSPS) is 24.3. The molecule has 1 amide bonds. The lowest BCUT2D eigenvalue weighted by atomic mass is 9.92. The molecule has 5 rings (SSSR count). The molecule has 0 radical (unpaired) electrons. The van der Waals surface area contributed by atoms with E-state index in [9.17, 15) is 4.79 Å². The van der Waals surface area contributed by atoms with Gasteiger partial charge >= 0.3 is 0 Å². The molecule has 0 saturated heterocycles. The zero-order valence-electron chi connectivity index (χ0n) is 14.0. The van der Waals surface area contributed by atoms with Gasteiger partial charge in [0.05, 0.1) is 23.7 Å². The Morgan fingerprint density at radius 1 is 1.32 bits per heavy atom. The first-order valence-corrected chi connectivity index (χ1v) is 8.59. The zero-order chi connectivity index (χ0) is 17.0. The molecule has 2 atom stereocenters. The Bertz CT molecular complexity index is 980. The molecular formula is C20H19N3O2. The summed E-state index contributed by atoms with van der Waals surface area (Å²) in [6, 6.07) is 14.5. The number of aromatic nitrogens is 2. The van der Waals surface area contributed by atoms with Gasteiger partial charge in [0.2, 0.25) is 5.91 Å². The fourth-order valence-corrected chi connectivity index (χ4v) is 4.33. The van der Waals surface area contributed by atoms with Crippen molar-refractivity contribution in [3.8, 4) is 0 Å². The number of ether oxygens (including phenoxy) is 1. The Hall–Kier alpha value is -2.66. The van der Waals surface area contributed by atoms with Crippen molar-refractivity contribution in [3.63, 3.8) is 0 Å². The van der Waals surface area contributed by atoms with E-state index in [0.29, 0.717) is 13.2 Å². The summed E-state index contributed by atoms with van der Waals surface area (Å²) in [6.07, 6.45) is 2.69. The molecule has 1 fully saturated rings. The minimum absolute atomic E-state index is 0.209. The van der Waals surface area contributed by atoms with Gasteiger partial charge in [0.1, 0.15) is 0 Å². The molecule has 25 heavy (non-hydrogen) atoms. The monoisotopic (exact) mass is 333 g/mol. The maximum absolute atomic E-state index is 13.3. The van der Waals surface area contributed by atoms with Gasteiger partial charge in [-0.1, -0.05) is 30.3 Å². The number of amides is 1. The Kier molecular flexibility index (Phi) is 3.03. The van der Waals surface area contributed by atoms with Crippen LogP contribution < -0.4 is 4.90 Å². The summed E-state index contributed by atoms with van der Waals surface area (Å²) in [7, 11) is 1.67. The van der Waals surface area contributed by atoms with Gasteiger partial charge in [-0.15, -0.1) is 0 Å². The largest absolute Gasteiger partial charge is 0.383 e. The quantitative estimate of drug-likeness (QED) is 0.798. The fourth-order valence-electron chi connectivity index (χ4n) is 4.33. The summed E-state index contributed by atoms with van der Waals surface area (Å²) in [5.74, 6) is 0.432. The average Bonchev–Trinajstić information content (AvgIpc) is 3.14. The fraction of sp³-hybridized carbons (Fsp3) is 0.300. The first kappa shape index (κ1) is 14.7. The Labute approximate surface area is 145 Å². The molecule has 3 aromatic rings. The molecule has 1 unspecified atom stereocenters. The molecule has 1 spiro atoms. The summed E-state index contributed by atoms with van der Waals surface area (Å²) < 4.78 is 5.20. The Morgan fingerprint density at radius 3 is 3.08 bits per heavy atom. The Morgan fingerprint density at radius 2 is 2.20 bits per heavy atom. The molecule has 0 bridgehead atoms. The maximum atomic E-state index is 13.3. The first-order chi connectivity index (χ1) is 12.3. The highest BCUT2D eigenvalue weighted by Gasteiger charge is 2.66. The van der Waals surface area contributed by atoms with E-state index in [1.165, 1.54) is 5.56 Å². The molecule has 5 heteroatoms. The van der Waals surface area contributed by atoms with E-state index in [1.807, 2.05) is 29.3 Å². The van der Waals surface area contributed by atoms with Crippen LogP contribution >= 0.6 is 0 Å². The van der Waals surface area contributed by atoms with E-state index in [-0.39, 0.29) is 11.8 Å². The minimum atomic E-state index is -0.405. The third kappa shape index (κ3) is 1.93. The lowest BCUT2D eigenvalue weighted by molar-refractivity contribution is -0.120. The number of aromatic amines is 1. The predicted octanol–water partition coefficient (Wildman–Crippen LogP) is 2.98. The molecule has 1 aliphatic heterocycles. The molecule has 1 saturated carbocycles. The number of fused-ring (bicyclic) bond motifs is 3. The van der Waals surface area contributed by atoms with E-state index in [2.05, 4.69) is 34.5 Å². The van der Waals surface area contributed by atoms with Crippen LogP contribution in [0.15, 0.2) is 48.7 Å². The van der Waals surface area contributed by atoms with E-state index in [4.69, 9.17) is 4.74 Å². The maximum Gasteiger partial charge on any atom is 0.238 e. The van der Waals surface area contributed by atoms with Gasteiger partial charge in [-0.25, -0.2) is 0 Å². The number of benzene rings is 2. The highest BCUT2D eigenvalue weighted by Crippen LogP contribution is 2.66. The van der Waals surface area contributed by atoms with Gasteiger partial charge in [0.15, 0.2) is 0 Å². The van der Waals surface area contributed by atoms with Gasteiger partial charge in [0, 0.05) is 30.6 Å². The summed E-state index contributed by atoms with van der Waals surface area (Å²) in [4.78, 5) is 15.2. The molecular weight excluding hydrogens is 314 g/mol. The van der Waals surface area contributed by atoms with Crippen molar-refractivity contribution in [1.82, 2.24) is 10.2 Å². The summed E-state index contributed by atoms with van der Waals surface area (Å²) in [5, 5.41) is 8.22. The predicted molar refractivity (Wildman–Crippen MR) is 95.8 cm³/mol. The molecule has 5 nitrogen and oxygen atoms in total. The van der Waals surface area contributed by atoms with Crippen LogP contribution in [0.5, 0.6) is 0 Å². The van der Waals surface area contributed by atoms with Crippen molar-refractivity contribution in [2.45, 2.75) is 17.8 Å². The number of anilines is 1. The van der Waals surface area contributed by atoms with Gasteiger partial charge < -0.3 is 9.64 Å². The number of methoxy groups -OCH3 is 1. The van der Waals surface area contributed by atoms with Gasteiger partial charge in [-0.2, -0.15) is 5.10 Å². The second kappa shape index (κ2) is 5.17. The number of hydrogen-bond donors (Lipinski definition) is 1. The van der Waals surface area contributed by atoms with Crippen molar-refractivity contribution >= 4 is 22.5 Å². The molecule has 2 aromatic carbocycles. The van der Waals surface area contributed by atoms with Crippen molar-refractivity contribution in [1.29, 1.82) is 0 Å². The van der Waals surface area contributed by atoms with Crippen LogP contribution in [0.1, 0.15) is 23.5 Å². The number of hydrogen-bond acceptors (Lipinski definition) is 3. The molecule has 1 aliphatic carbocycles. The van der Waals surface area contributed by atoms with Gasteiger partial charge in [-0.05, 0) is 29.7 Å². The molecule has 2 heterocycles. The standard InChI is InChI=1S/C20H19N3O2/c1-25-9-8-23-18-5-3-2-4-15(18)20(19(23)24)11-16(20)13-6-7-14-12-21-22-17(14)10-13/h2-7,10,12,16H,8-9,11H2,1H3,(H,21,22)/t16?,20-/m0/s1. The summed E-state index contributed by atoms with van der Waals surface area (Å²) in [5.41, 5.74) is 4.02. The highest BCUT2D eigenvalue weighted by molar-refractivity contribution is 6.11. The van der Waals surface area contributed by atoms with Crippen LogP contribution in [0.2, 0.25) is 0 Å². The van der Waals surface area contributed by atoms with Crippen molar-refractivity contribution in [3.05, 3.63) is 59.8 Å². The minimum Gasteiger partial charge on any atom is -0.383 e. The smallest absolute Gasteiger partial charge is 0.238 e. The number of carbonyl (C=O) groups is 1. The number of rotatable bonds is 4. The number of carbonyl (C=O) groups excluding carboxylic acids is 1. The summed E-state index contributed by atoms with van der Waals surface area (Å²) >= 11 is 0. The number of para-hydroxylation sites is 1. The topological polar surface area (TPSA) is 58.2 Å². The van der Waals surface area contributed by atoms with Crippen molar-refractivity contribution in [2.24, 2.45) is 0 Å². The SMILES string of the molecule is COCCN1C(=O)[C@@]2(CC2c2ccc3cn[nH]c3c2)c2ccccc21.